The molecular formula is C35H36F2N4O6. The first-order valence-electron chi connectivity index (χ1n) is 15.4. The van der Waals surface area contributed by atoms with Crippen LogP contribution in [0, 0.1) is 0 Å². The van der Waals surface area contributed by atoms with Crippen molar-refractivity contribution >= 4 is 28.3 Å². The first-order chi connectivity index (χ1) is 22.8. The second kappa shape index (κ2) is 16.3. The van der Waals surface area contributed by atoms with E-state index in [1.54, 1.807) is 36.4 Å². The van der Waals surface area contributed by atoms with Crippen molar-refractivity contribution in [2.24, 2.45) is 0 Å². The number of alkyl halides is 2. The van der Waals surface area contributed by atoms with E-state index in [-0.39, 0.29) is 23.8 Å². The van der Waals surface area contributed by atoms with Gasteiger partial charge in [-0.25, -0.2) is 0 Å². The van der Waals surface area contributed by atoms with Crippen molar-refractivity contribution in [1.29, 1.82) is 0 Å². The zero-order chi connectivity index (χ0) is 33.0. The highest BCUT2D eigenvalue weighted by Crippen LogP contribution is 2.27. The average molecular weight is 647 g/mol. The Kier molecular flexibility index (Phi) is 11.4. The molecule has 0 saturated carbocycles. The van der Waals surface area contributed by atoms with Crippen LogP contribution in [0.1, 0.15) is 49.5 Å². The highest BCUT2D eigenvalue weighted by atomic mass is 19.3. The number of carbonyl (C=O) groups is 1. The SMILES string of the molecule is CCCCCOc1ccc2c(c1)CCC(=O)N2.O=c1ccc2cc(OCc3cc(NCc4ccc(OC(F)F)cc4)no3)ccc2[nH]1. The van der Waals surface area contributed by atoms with Gasteiger partial charge in [0.15, 0.2) is 11.6 Å². The molecule has 47 heavy (non-hydrogen) atoms. The molecule has 10 nitrogen and oxygen atoms in total. The molecule has 0 radical (unpaired) electrons. The summed E-state index contributed by atoms with van der Waals surface area (Å²) < 4.78 is 45.3. The zero-order valence-electron chi connectivity index (χ0n) is 25.9. The van der Waals surface area contributed by atoms with E-state index in [0.29, 0.717) is 30.3 Å². The Balaban J connectivity index is 0.000000216. The van der Waals surface area contributed by atoms with E-state index >= 15 is 0 Å². The van der Waals surface area contributed by atoms with E-state index in [1.165, 1.54) is 36.6 Å². The summed E-state index contributed by atoms with van der Waals surface area (Å²) in [6, 6.07) is 22.5. The van der Waals surface area contributed by atoms with Gasteiger partial charge in [0.05, 0.1) is 6.61 Å². The fraction of sp³-hybridized carbons (Fsp3) is 0.286. The highest BCUT2D eigenvalue weighted by molar-refractivity contribution is 5.94. The van der Waals surface area contributed by atoms with Crippen LogP contribution in [-0.2, 0) is 24.4 Å². The van der Waals surface area contributed by atoms with Crippen molar-refractivity contribution in [2.45, 2.75) is 58.8 Å². The third-order valence-electron chi connectivity index (χ3n) is 7.25. The Morgan fingerprint density at radius 3 is 2.49 bits per heavy atom. The highest BCUT2D eigenvalue weighted by Gasteiger charge is 2.15. The van der Waals surface area contributed by atoms with E-state index < -0.39 is 6.61 Å². The van der Waals surface area contributed by atoms with Crippen LogP contribution in [-0.4, -0.2) is 29.3 Å². The quantitative estimate of drug-likeness (QED) is 0.113. The van der Waals surface area contributed by atoms with Crippen LogP contribution in [0.3, 0.4) is 0 Å². The number of nitrogens with zero attached hydrogens (tertiary/aromatic N) is 1. The zero-order valence-corrected chi connectivity index (χ0v) is 25.9. The number of pyridine rings is 1. The molecule has 0 unspecified atom stereocenters. The summed E-state index contributed by atoms with van der Waals surface area (Å²) in [7, 11) is 0. The molecule has 5 aromatic rings. The Morgan fingerprint density at radius 2 is 1.68 bits per heavy atom. The van der Waals surface area contributed by atoms with Gasteiger partial charge in [0.25, 0.3) is 0 Å². The van der Waals surface area contributed by atoms with Gasteiger partial charge in [-0.1, -0.05) is 37.1 Å². The van der Waals surface area contributed by atoms with Crippen LogP contribution in [0.5, 0.6) is 17.2 Å². The number of amides is 1. The molecule has 2 aromatic heterocycles. The smallest absolute Gasteiger partial charge is 0.387 e. The fourth-order valence-corrected chi connectivity index (χ4v) is 4.81. The van der Waals surface area contributed by atoms with Crippen LogP contribution < -0.4 is 30.4 Å². The van der Waals surface area contributed by atoms with Crippen molar-refractivity contribution in [2.75, 3.05) is 17.2 Å². The molecular weight excluding hydrogens is 610 g/mol. The van der Waals surface area contributed by atoms with Gasteiger partial charge in [0.2, 0.25) is 11.5 Å². The summed E-state index contributed by atoms with van der Waals surface area (Å²) in [6.45, 7) is 0.734. The van der Waals surface area contributed by atoms with Crippen LogP contribution in [0.4, 0.5) is 20.3 Å². The molecule has 0 saturated heterocycles. The summed E-state index contributed by atoms with van der Waals surface area (Å²) in [4.78, 5) is 25.3. The molecule has 0 atom stereocenters. The average Bonchev–Trinajstić information content (AvgIpc) is 3.53. The molecule has 3 aromatic carbocycles. The number of carbonyl (C=O) groups excluding carboxylic acids is 1. The number of aromatic amines is 1. The largest absolute Gasteiger partial charge is 0.494 e. The Labute approximate surface area is 270 Å². The van der Waals surface area contributed by atoms with Crippen LogP contribution in [0.15, 0.2) is 88.2 Å². The number of anilines is 2. The minimum atomic E-state index is -2.84. The van der Waals surface area contributed by atoms with Gasteiger partial charge in [0.1, 0.15) is 23.9 Å². The van der Waals surface area contributed by atoms with E-state index in [0.717, 1.165) is 47.4 Å². The molecule has 1 aliphatic rings. The molecule has 1 amide bonds. The number of halogens is 2. The maximum atomic E-state index is 12.2. The number of hydrogen-bond donors (Lipinski definition) is 3. The molecule has 0 bridgehead atoms. The monoisotopic (exact) mass is 646 g/mol. The van der Waals surface area contributed by atoms with Crippen molar-refractivity contribution in [3.05, 3.63) is 106 Å². The van der Waals surface area contributed by atoms with Crippen molar-refractivity contribution in [3.8, 4) is 17.2 Å². The number of nitrogens with one attached hydrogen (secondary N) is 3. The minimum Gasteiger partial charge on any atom is -0.494 e. The number of H-pyrrole nitrogens is 1. The number of benzene rings is 3. The molecule has 3 heterocycles. The Morgan fingerprint density at radius 1 is 0.894 bits per heavy atom. The third-order valence-corrected chi connectivity index (χ3v) is 7.25. The first-order valence-corrected chi connectivity index (χ1v) is 15.4. The third kappa shape index (κ3) is 10.1. The van der Waals surface area contributed by atoms with Crippen molar-refractivity contribution in [1.82, 2.24) is 10.1 Å². The van der Waals surface area contributed by atoms with Gasteiger partial charge >= 0.3 is 6.61 Å². The predicted octanol–water partition coefficient (Wildman–Crippen LogP) is 7.45. The van der Waals surface area contributed by atoms with E-state index in [4.69, 9.17) is 14.0 Å². The lowest BCUT2D eigenvalue weighted by atomic mass is 10.0. The van der Waals surface area contributed by atoms with Gasteiger partial charge < -0.3 is 34.4 Å². The molecule has 3 N–H and O–H groups in total. The van der Waals surface area contributed by atoms with Gasteiger partial charge in [-0.15, -0.1) is 0 Å². The lowest BCUT2D eigenvalue weighted by Crippen LogP contribution is -2.18. The Hall–Kier alpha value is -5.39. The molecule has 12 heteroatoms. The summed E-state index contributed by atoms with van der Waals surface area (Å²) in [5.41, 5.74) is 3.55. The molecule has 6 rings (SSSR count). The Bertz CT molecular complexity index is 1820. The topological polar surface area (TPSA) is 128 Å². The summed E-state index contributed by atoms with van der Waals surface area (Å²) in [5.74, 6) is 2.81. The van der Waals surface area contributed by atoms with Crippen LogP contribution in [0.25, 0.3) is 10.9 Å². The van der Waals surface area contributed by atoms with Gasteiger partial charge in [-0.3, -0.25) is 9.59 Å². The second-order valence-corrected chi connectivity index (χ2v) is 10.8. The molecule has 0 aliphatic carbocycles. The number of aryl methyl sites for hydroxylation is 1. The summed E-state index contributed by atoms with van der Waals surface area (Å²) in [6.07, 6.45) is 4.91. The number of fused-ring (bicyclic) bond motifs is 2. The van der Waals surface area contributed by atoms with Crippen molar-refractivity contribution < 1.29 is 32.3 Å². The van der Waals surface area contributed by atoms with Crippen LogP contribution in [0.2, 0.25) is 0 Å². The van der Waals surface area contributed by atoms with Gasteiger partial charge in [0, 0.05) is 41.7 Å². The van der Waals surface area contributed by atoms with E-state index in [2.05, 4.69) is 32.4 Å². The maximum absolute atomic E-state index is 12.2. The summed E-state index contributed by atoms with van der Waals surface area (Å²) >= 11 is 0. The second-order valence-electron chi connectivity index (χ2n) is 10.8. The molecule has 246 valence electrons. The van der Waals surface area contributed by atoms with E-state index in [1.807, 2.05) is 24.3 Å². The standard InChI is InChI=1S/C21H17F2N3O4.C14H19NO2/c22-21(23)29-15-4-1-13(2-5-15)11-24-19-10-17(30-26-19)12-28-16-6-7-18-14(9-16)3-8-20(27)25-18;1-2-3-4-9-17-12-6-7-13-11(10-12)5-8-14(16)15-13/h1-10,21H,11-12H2,(H,24,26)(H,25,27);6-7,10H,2-5,8-9H2,1H3,(H,15,16). The van der Waals surface area contributed by atoms with Crippen molar-refractivity contribution in [3.63, 3.8) is 0 Å². The predicted molar refractivity (Wildman–Crippen MR) is 174 cm³/mol. The lowest BCUT2D eigenvalue weighted by Gasteiger charge is -2.17. The fourth-order valence-electron chi connectivity index (χ4n) is 4.81. The summed E-state index contributed by atoms with van der Waals surface area (Å²) in [5, 5.41) is 10.7. The molecule has 0 spiro atoms. The number of unbranched alkanes of at least 4 members (excludes halogenated alkanes) is 2. The number of hydrogen-bond acceptors (Lipinski definition) is 8. The van der Waals surface area contributed by atoms with Gasteiger partial charge in [-0.2, -0.15) is 8.78 Å². The number of ether oxygens (including phenoxy) is 3. The minimum absolute atomic E-state index is 0.106. The normalized spacial score (nSPS) is 12.1. The van der Waals surface area contributed by atoms with Gasteiger partial charge in [-0.05, 0) is 78.6 Å². The van der Waals surface area contributed by atoms with E-state index in [9.17, 15) is 18.4 Å². The first kappa shape index (κ1) is 33.0. The molecule has 1 aliphatic heterocycles. The van der Waals surface area contributed by atoms with Crippen LogP contribution >= 0.6 is 0 Å². The molecule has 0 fully saturated rings. The number of aromatic nitrogens is 2. The number of rotatable bonds is 13. The lowest BCUT2D eigenvalue weighted by molar-refractivity contribution is -0.116. The maximum Gasteiger partial charge on any atom is 0.387 e.